The maximum Gasteiger partial charge on any atom is 0.139 e. The summed E-state index contributed by atoms with van der Waals surface area (Å²) in [5.74, 6) is 3.74. The third-order valence-electron chi connectivity index (χ3n) is 5.93. The molecule has 1 aliphatic carbocycles. The number of fused-ring (bicyclic) bond motifs is 8. The maximum atomic E-state index is 6.41. The number of rotatable bonds is 0. The van der Waals surface area contributed by atoms with E-state index in [2.05, 4.69) is 66.7 Å². The van der Waals surface area contributed by atoms with Gasteiger partial charge in [0.05, 0.1) is 5.30 Å². The number of hydrogen-bond acceptors (Lipinski definition) is 2. The lowest BCUT2D eigenvalue weighted by molar-refractivity contribution is 0.466. The van der Waals surface area contributed by atoms with Crippen LogP contribution in [0.25, 0.3) is 16.8 Å². The van der Waals surface area contributed by atoms with Crippen molar-refractivity contribution in [3.8, 4) is 23.0 Å². The van der Waals surface area contributed by atoms with Gasteiger partial charge in [0.1, 0.15) is 23.0 Å². The fourth-order valence-corrected chi connectivity index (χ4v) is 7.63. The maximum absolute atomic E-state index is 6.41. The molecule has 0 saturated heterocycles. The molecule has 0 fully saturated rings. The smallest absolute Gasteiger partial charge is 0.139 e. The molecule has 1 unspecified atom stereocenters. The van der Waals surface area contributed by atoms with Crippen LogP contribution >= 0.6 is 7.92 Å². The van der Waals surface area contributed by atoms with Gasteiger partial charge in [0.15, 0.2) is 0 Å². The minimum atomic E-state index is -0.801. The van der Waals surface area contributed by atoms with E-state index in [-0.39, 0.29) is 0 Å². The van der Waals surface area contributed by atoms with E-state index < -0.39 is 7.92 Å². The van der Waals surface area contributed by atoms with Crippen molar-refractivity contribution in [2.24, 2.45) is 0 Å². The second-order valence-corrected chi connectivity index (χ2v) is 9.56. The molecular weight excluding hydrogens is 375 g/mol. The first kappa shape index (κ1) is 15.6. The summed E-state index contributed by atoms with van der Waals surface area (Å²) in [6.45, 7) is 0. The van der Waals surface area contributed by atoms with Gasteiger partial charge in [-0.3, -0.25) is 0 Å². The van der Waals surface area contributed by atoms with Crippen molar-refractivity contribution >= 4 is 40.7 Å². The molecule has 0 spiro atoms. The van der Waals surface area contributed by atoms with E-state index in [1.54, 1.807) is 0 Å². The van der Waals surface area contributed by atoms with E-state index in [9.17, 15) is 0 Å². The molecule has 0 aromatic heterocycles. The first-order valence-electron chi connectivity index (χ1n) is 9.85. The highest BCUT2D eigenvalue weighted by atomic mass is 31.1. The second kappa shape index (κ2) is 5.63. The van der Waals surface area contributed by atoms with Crippen molar-refractivity contribution in [3.63, 3.8) is 0 Å². The van der Waals surface area contributed by atoms with Crippen molar-refractivity contribution in [2.45, 2.75) is 12.8 Å². The van der Waals surface area contributed by atoms with E-state index in [1.807, 2.05) is 12.1 Å². The van der Waals surface area contributed by atoms with Crippen molar-refractivity contribution in [1.29, 1.82) is 0 Å². The fraction of sp³-hybridized carbons (Fsp3) is 0.0769. The van der Waals surface area contributed by atoms with Crippen LogP contribution in [0.4, 0.5) is 0 Å². The monoisotopic (exact) mass is 390 g/mol. The van der Waals surface area contributed by atoms with Gasteiger partial charge in [-0.25, -0.2) is 0 Å². The molecule has 4 aromatic rings. The molecule has 3 aliphatic rings. The Morgan fingerprint density at radius 1 is 0.793 bits per heavy atom. The minimum Gasteiger partial charge on any atom is -0.456 e. The van der Waals surface area contributed by atoms with Gasteiger partial charge < -0.3 is 9.47 Å². The van der Waals surface area contributed by atoms with Gasteiger partial charge in [-0.1, -0.05) is 36.4 Å². The summed E-state index contributed by atoms with van der Waals surface area (Å²) in [4.78, 5) is 0. The summed E-state index contributed by atoms with van der Waals surface area (Å²) in [7, 11) is -0.801. The van der Waals surface area contributed by atoms with E-state index in [4.69, 9.17) is 9.47 Å². The summed E-state index contributed by atoms with van der Waals surface area (Å²) in [6, 6.07) is 25.3. The highest BCUT2D eigenvalue weighted by Gasteiger charge is 2.39. The van der Waals surface area contributed by atoms with E-state index in [0.29, 0.717) is 0 Å². The Hall–Kier alpha value is -3.27. The first-order valence-corrected chi connectivity index (χ1v) is 11.2. The molecule has 136 valence electrons. The summed E-state index contributed by atoms with van der Waals surface area (Å²) in [5.41, 5.74) is 2.73. The minimum absolute atomic E-state index is 0.801. The Balaban J connectivity index is 1.63. The summed E-state index contributed by atoms with van der Waals surface area (Å²) < 4.78 is 12.8. The Kier molecular flexibility index (Phi) is 3.03. The topological polar surface area (TPSA) is 18.5 Å². The van der Waals surface area contributed by atoms with Crippen LogP contribution < -0.4 is 25.4 Å². The molecular formula is C26H15O2P. The normalized spacial score (nSPS) is 17.2. The fourth-order valence-electron chi connectivity index (χ4n) is 4.68. The Morgan fingerprint density at radius 2 is 1.59 bits per heavy atom. The zero-order chi connectivity index (χ0) is 18.9. The van der Waals surface area contributed by atoms with Gasteiger partial charge in [-0.15, -0.1) is 0 Å². The third-order valence-corrected chi connectivity index (χ3v) is 8.65. The molecule has 2 nitrogen and oxygen atoms in total. The van der Waals surface area contributed by atoms with Crippen LogP contribution in [0.3, 0.4) is 0 Å². The SMILES string of the molecule is c1ccc2ccc3c(c2c#1)P1c2c(cccc2O3)Oc2ccc3c(c21)CCC=C3. The lowest BCUT2D eigenvalue weighted by Crippen LogP contribution is -2.34. The average Bonchev–Trinajstić information content (AvgIpc) is 2.78. The van der Waals surface area contributed by atoms with E-state index in [0.717, 1.165) is 41.2 Å². The predicted molar refractivity (Wildman–Crippen MR) is 118 cm³/mol. The molecule has 0 radical (unpaired) electrons. The van der Waals surface area contributed by atoms with Gasteiger partial charge >= 0.3 is 0 Å². The molecule has 0 N–H and O–H groups in total. The van der Waals surface area contributed by atoms with Crippen LogP contribution in [0.1, 0.15) is 17.5 Å². The highest BCUT2D eigenvalue weighted by molar-refractivity contribution is 7.81. The zero-order valence-electron chi connectivity index (χ0n) is 15.5. The van der Waals surface area contributed by atoms with Crippen LogP contribution in [0, 0.1) is 12.1 Å². The largest absolute Gasteiger partial charge is 0.456 e. The van der Waals surface area contributed by atoms with Crippen LogP contribution in [-0.2, 0) is 6.42 Å². The van der Waals surface area contributed by atoms with Crippen LogP contribution in [-0.4, -0.2) is 0 Å². The van der Waals surface area contributed by atoms with Gasteiger partial charge in [-0.2, -0.15) is 0 Å². The summed E-state index contributed by atoms with van der Waals surface area (Å²) in [6.07, 6.45) is 6.63. The predicted octanol–water partition coefficient (Wildman–Crippen LogP) is 5.37. The molecule has 0 bridgehead atoms. The number of allylic oxidation sites excluding steroid dienone is 1. The average molecular weight is 390 g/mol. The Labute approximate surface area is 170 Å². The van der Waals surface area contributed by atoms with Gasteiger partial charge in [0, 0.05) is 23.9 Å². The first-order chi connectivity index (χ1) is 14.4. The standard InChI is InChI=1S/C26H15O2P/c1-3-8-18-16(6-1)12-14-22-24(18)29-25-19-9-4-2-7-17(19)13-15-23(25)28-21-11-5-10-20(27-22)26(21)29/h1-2,5-7,10-15H,3,8H2. The van der Waals surface area contributed by atoms with Gasteiger partial charge in [0.2, 0.25) is 0 Å². The third kappa shape index (κ3) is 2.06. The number of ether oxygens (including phenoxy) is 2. The molecule has 1 atom stereocenters. The van der Waals surface area contributed by atoms with Crippen molar-refractivity contribution in [1.82, 2.24) is 0 Å². The van der Waals surface area contributed by atoms with Crippen LogP contribution in [0.15, 0.2) is 60.7 Å². The molecule has 0 saturated carbocycles. The van der Waals surface area contributed by atoms with E-state index >= 15 is 0 Å². The summed E-state index contributed by atoms with van der Waals surface area (Å²) in [5, 5.41) is 6.05. The number of hydrogen-bond donors (Lipinski definition) is 0. The Morgan fingerprint density at radius 3 is 2.48 bits per heavy atom. The molecule has 4 aromatic carbocycles. The van der Waals surface area contributed by atoms with Gasteiger partial charge in [-0.05, 0) is 71.8 Å². The van der Waals surface area contributed by atoms with E-state index in [1.165, 1.54) is 32.4 Å². The number of benzene rings is 3. The second-order valence-electron chi connectivity index (χ2n) is 7.54. The van der Waals surface area contributed by atoms with Crippen LogP contribution in [0.2, 0.25) is 0 Å². The van der Waals surface area contributed by atoms with Crippen molar-refractivity contribution in [2.75, 3.05) is 0 Å². The molecule has 2 heterocycles. The summed E-state index contributed by atoms with van der Waals surface area (Å²) >= 11 is 0. The highest BCUT2D eigenvalue weighted by Crippen LogP contribution is 2.54. The Bertz CT molecular complexity index is 1350. The molecule has 3 heteroatoms. The van der Waals surface area contributed by atoms with Gasteiger partial charge in [0.25, 0.3) is 0 Å². The van der Waals surface area contributed by atoms with Crippen LogP contribution in [0.5, 0.6) is 23.0 Å². The molecule has 29 heavy (non-hydrogen) atoms. The van der Waals surface area contributed by atoms with Crippen molar-refractivity contribution < 1.29 is 9.47 Å². The lowest BCUT2D eigenvalue weighted by atomic mass is 9.97. The quantitative estimate of drug-likeness (QED) is 0.325. The molecule has 7 rings (SSSR count). The zero-order valence-corrected chi connectivity index (χ0v) is 16.4. The molecule has 2 aliphatic heterocycles. The molecule has 0 amide bonds. The lowest BCUT2D eigenvalue weighted by Gasteiger charge is -2.36. The van der Waals surface area contributed by atoms with Crippen molar-refractivity contribution in [3.05, 3.63) is 83.9 Å².